The highest BCUT2D eigenvalue weighted by molar-refractivity contribution is 8.87. The number of aliphatic imine (C=N–C) groups is 2. The Bertz CT molecular complexity index is 1060. The van der Waals surface area contributed by atoms with E-state index in [0.717, 1.165) is 21.6 Å². The van der Waals surface area contributed by atoms with E-state index < -0.39 is 36.5 Å². The van der Waals surface area contributed by atoms with Gasteiger partial charge in [0.05, 0.1) is 26.3 Å². The molecule has 2 aromatic carbocycles. The third-order valence-corrected chi connectivity index (χ3v) is 8.09. The molecule has 38 heavy (non-hydrogen) atoms. The van der Waals surface area contributed by atoms with Crippen molar-refractivity contribution in [3.05, 3.63) is 59.7 Å². The van der Waals surface area contributed by atoms with Gasteiger partial charge in [-0.2, -0.15) is 26.3 Å². The van der Waals surface area contributed by atoms with Crippen molar-refractivity contribution in [2.24, 2.45) is 9.98 Å². The first-order chi connectivity index (χ1) is 18.0. The van der Waals surface area contributed by atoms with E-state index in [-0.39, 0.29) is 23.2 Å². The van der Waals surface area contributed by atoms with Crippen molar-refractivity contribution in [3.63, 3.8) is 0 Å². The molecule has 0 radical (unpaired) electrons. The second-order valence-corrected chi connectivity index (χ2v) is 10.7. The van der Waals surface area contributed by atoms with Crippen LogP contribution >= 0.6 is 21.6 Å². The van der Waals surface area contributed by atoms with Crippen LogP contribution in [-0.2, 0) is 0 Å². The molecule has 0 saturated carbocycles. The Morgan fingerprint density at radius 2 is 1.00 bits per heavy atom. The standard InChI is InChI=1S/C24H24F6N4O2S2/c1-35-15-7-3-13(4-8-15)17-11-19(23(25,26)27)33-21(31-17)37-38-22-32-18(12-20(34-22)24(28,29)30)14-5-9-16(36-2)10-6-14/h3-10,17-20H,11-12H2,1-2H3,(H,31,33)(H,32,34)/t17-,18-,19-,20+/m0/s1. The summed E-state index contributed by atoms with van der Waals surface area (Å²) < 4.78 is 92.2. The highest BCUT2D eigenvalue weighted by atomic mass is 33.1. The molecule has 0 fully saturated rings. The lowest BCUT2D eigenvalue weighted by atomic mass is 9.98. The topological polar surface area (TPSA) is 67.2 Å². The minimum absolute atomic E-state index is 0.0518. The molecular formula is C24H24F6N4O2S2. The number of nitrogens with zero attached hydrogens (tertiary/aromatic N) is 2. The number of nitrogens with one attached hydrogen (secondary N) is 2. The number of hydrogen-bond acceptors (Lipinski definition) is 8. The first kappa shape index (κ1) is 28.3. The van der Waals surface area contributed by atoms with Crippen LogP contribution in [0.4, 0.5) is 26.3 Å². The van der Waals surface area contributed by atoms with Crippen molar-refractivity contribution in [2.75, 3.05) is 14.2 Å². The molecule has 0 bridgehead atoms. The zero-order valence-electron chi connectivity index (χ0n) is 20.1. The predicted molar refractivity (Wildman–Crippen MR) is 137 cm³/mol. The van der Waals surface area contributed by atoms with Gasteiger partial charge in [0, 0.05) is 12.8 Å². The van der Waals surface area contributed by atoms with E-state index in [1.807, 2.05) is 0 Å². The summed E-state index contributed by atoms with van der Waals surface area (Å²) in [5, 5.41) is 4.65. The summed E-state index contributed by atoms with van der Waals surface area (Å²) in [7, 11) is 4.55. The van der Waals surface area contributed by atoms with Crippen LogP contribution in [0.1, 0.15) is 36.1 Å². The molecule has 0 unspecified atom stereocenters. The van der Waals surface area contributed by atoms with Gasteiger partial charge in [-0.25, -0.2) is 0 Å². The first-order valence-corrected chi connectivity index (χ1v) is 13.6. The molecule has 6 nitrogen and oxygen atoms in total. The Balaban J connectivity index is 1.55. The summed E-state index contributed by atoms with van der Waals surface area (Å²) in [6.45, 7) is 0. The first-order valence-electron chi connectivity index (χ1n) is 11.4. The van der Waals surface area contributed by atoms with Gasteiger partial charge < -0.3 is 20.1 Å². The number of methoxy groups -OCH3 is 2. The van der Waals surface area contributed by atoms with Crippen molar-refractivity contribution in [2.45, 2.75) is 49.4 Å². The third kappa shape index (κ3) is 7.01. The Morgan fingerprint density at radius 3 is 1.29 bits per heavy atom. The van der Waals surface area contributed by atoms with Gasteiger partial charge in [0.15, 0.2) is 10.3 Å². The summed E-state index contributed by atoms with van der Waals surface area (Å²) >= 11 is 0. The fourth-order valence-electron chi connectivity index (χ4n) is 4.00. The van der Waals surface area contributed by atoms with Crippen molar-refractivity contribution in [3.8, 4) is 11.5 Å². The summed E-state index contributed by atoms with van der Waals surface area (Å²) in [5.41, 5.74) is 1.13. The summed E-state index contributed by atoms with van der Waals surface area (Å²) in [6.07, 6.45) is -9.73. The Hall–Kier alpha value is -2.74. The number of hydrogen-bond donors (Lipinski definition) is 2. The maximum atomic E-state index is 13.7. The summed E-state index contributed by atoms with van der Waals surface area (Å²) in [5.74, 6) is 1.10. The molecule has 4 rings (SSSR count). The van der Waals surface area contributed by atoms with Gasteiger partial charge in [0.1, 0.15) is 23.6 Å². The number of amidine groups is 2. The minimum atomic E-state index is -4.54. The van der Waals surface area contributed by atoms with Gasteiger partial charge in [-0.05, 0) is 57.0 Å². The van der Waals surface area contributed by atoms with Crippen LogP contribution in [0.2, 0.25) is 0 Å². The SMILES string of the molecule is COc1ccc([C@@H]2C[C@@H](C(F)(F)F)NC(SSC3=N[C@H](c4ccc(OC)cc4)C[C@H](C(F)(F)F)N3)=N2)cc1. The Morgan fingerprint density at radius 1 is 0.658 bits per heavy atom. The predicted octanol–water partition coefficient (Wildman–Crippen LogP) is 6.43. The highest BCUT2D eigenvalue weighted by Gasteiger charge is 2.45. The molecule has 0 spiro atoms. The fourth-order valence-corrected chi connectivity index (χ4v) is 5.90. The van der Waals surface area contributed by atoms with Gasteiger partial charge >= 0.3 is 12.4 Å². The number of benzene rings is 2. The van der Waals surface area contributed by atoms with E-state index >= 15 is 0 Å². The molecule has 2 aliphatic rings. The quantitative estimate of drug-likeness (QED) is 0.322. The molecule has 14 heteroatoms. The van der Waals surface area contributed by atoms with Crippen LogP contribution in [0.15, 0.2) is 58.5 Å². The molecule has 206 valence electrons. The van der Waals surface area contributed by atoms with Crippen molar-refractivity contribution < 1.29 is 35.8 Å². The number of ether oxygens (including phenoxy) is 2. The molecular weight excluding hydrogens is 554 g/mol. The van der Waals surface area contributed by atoms with E-state index in [2.05, 4.69) is 20.6 Å². The van der Waals surface area contributed by atoms with Gasteiger partial charge in [-0.15, -0.1) is 0 Å². The lowest BCUT2D eigenvalue weighted by molar-refractivity contribution is -0.156. The maximum absolute atomic E-state index is 13.7. The fraction of sp³-hybridized carbons (Fsp3) is 0.417. The number of halogens is 6. The lowest BCUT2D eigenvalue weighted by Gasteiger charge is -2.32. The van der Waals surface area contributed by atoms with Gasteiger partial charge in [-0.3, -0.25) is 9.98 Å². The van der Waals surface area contributed by atoms with Gasteiger partial charge in [0.2, 0.25) is 0 Å². The largest absolute Gasteiger partial charge is 0.497 e. The average molecular weight is 579 g/mol. The van der Waals surface area contributed by atoms with Gasteiger partial charge in [-0.1, -0.05) is 24.3 Å². The number of rotatable bonds is 4. The Labute approximate surface area is 223 Å². The highest BCUT2D eigenvalue weighted by Crippen LogP contribution is 2.40. The second kappa shape index (κ2) is 11.6. The summed E-state index contributed by atoms with van der Waals surface area (Å²) in [6, 6.07) is 7.76. The van der Waals surface area contributed by atoms with E-state index in [9.17, 15) is 26.3 Å². The van der Waals surface area contributed by atoms with Crippen LogP contribution in [0.25, 0.3) is 0 Å². The van der Waals surface area contributed by atoms with E-state index in [1.165, 1.54) is 14.2 Å². The number of alkyl halides is 6. The summed E-state index contributed by atoms with van der Waals surface area (Å²) in [4.78, 5) is 8.82. The minimum Gasteiger partial charge on any atom is -0.497 e. The Kier molecular flexibility index (Phi) is 8.60. The lowest BCUT2D eigenvalue weighted by Crippen LogP contribution is -2.49. The molecule has 2 N–H and O–H groups in total. The van der Waals surface area contributed by atoms with Crippen LogP contribution in [-0.4, -0.2) is 49.0 Å². The maximum Gasteiger partial charge on any atom is 0.408 e. The van der Waals surface area contributed by atoms with Crippen LogP contribution in [0.5, 0.6) is 11.5 Å². The van der Waals surface area contributed by atoms with Crippen LogP contribution < -0.4 is 20.1 Å². The van der Waals surface area contributed by atoms with Crippen molar-refractivity contribution in [1.82, 2.24) is 10.6 Å². The van der Waals surface area contributed by atoms with Crippen LogP contribution in [0, 0.1) is 0 Å². The van der Waals surface area contributed by atoms with Gasteiger partial charge in [0.25, 0.3) is 0 Å². The normalized spacial score (nSPS) is 24.0. The molecule has 0 aliphatic carbocycles. The molecule has 2 heterocycles. The average Bonchev–Trinajstić information content (AvgIpc) is 2.90. The van der Waals surface area contributed by atoms with Crippen molar-refractivity contribution in [1.29, 1.82) is 0 Å². The van der Waals surface area contributed by atoms with E-state index in [0.29, 0.717) is 22.6 Å². The zero-order valence-corrected chi connectivity index (χ0v) is 21.8. The molecule has 0 amide bonds. The molecule has 2 aliphatic heterocycles. The van der Waals surface area contributed by atoms with Crippen molar-refractivity contribution >= 4 is 31.9 Å². The van der Waals surface area contributed by atoms with E-state index in [4.69, 9.17) is 9.47 Å². The molecule has 0 aromatic heterocycles. The van der Waals surface area contributed by atoms with E-state index in [1.54, 1.807) is 48.5 Å². The second-order valence-electron chi connectivity index (χ2n) is 8.56. The molecule has 0 saturated heterocycles. The smallest absolute Gasteiger partial charge is 0.408 e. The van der Waals surface area contributed by atoms with Crippen LogP contribution in [0.3, 0.4) is 0 Å². The third-order valence-electron chi connectivity index (χ3n) is 6.05. The zero-order chi connectivity index (χ0) is 27.5. The molecule has 4 atom stereocenters. The monoisotopic (exact) mass is 578 g/mol. The molecule has 2 aromatic rings.